The van der Waals surface area contributed by atoms with Crippen LogP contribution in [0.15, 0.2) is 18.2 Å². The van der Waals surface area contributed by atoms with Gasteiger partial charge in [-0.25, -0.2) is 0 Å². The SMILES string of the molecule is CCC1CCC(N)C(N(CC)Cc2cccc(C)n2)C1. The molecule has 0 aliphatic heterocycles. The third-order valence-corrected chi connectivity index (χ3v) is 4.74. The standard InChI is InChI=1S/C17H29N3/c1-4-14-9-10-16(18)17(11-14)20(5-2)12-15-8-6-7-13(3)19-15/h6-8,14,16-17H,4-5,9-12,18H2,1-3H3. The van der Waals surface area contributed by atoms with E-state index < -0.39 is 0 Å². The van der Waals surface area contributed by atoms with Crippen LogP contribution in [0.3, 0.4) is 0 Å². The van der Waals surface area contributed by atoms with Gasteiger partial charge in [-0.15, -0.1) is 0 Å². The first-order chi connectivity index (χ1) is 9.63. The van der Waals surface area contributed by atoms with E-state index in [4.69, 9.17) is 5.73 Å². The molecule has 0 radical (unpaired) electrons. The molecule has 2 N–H and O–H groups in total. The molecule has 1 aromatic rings. The maximum Gasteiger partial charge on any atom is 0.0547 e. The molecule has 0 bridgehead atoms. The zero-order valence-electron chi connectivity index (χ0n) is 13.2. The summed E-state index contributed by atoms with van der Waals surface area (Å²) in [4.78, 5) is 7.16. The van der Waals surface area contributed by atoms with Crippen molar-refractivity contribution in [3.8, 4) is 0 Å². The summed E-state index contributed by atoms with van der Waals surface area (Å²) in [5.41, 5.74) is 8.65. The molecule has 0 amide bonds. The monoisotopic (exact) mass is 275 g/mol. The Balaban J connectivity index is 2.06. The summed E-state index contributed by atoms with van der Waals surface area (Å²) in [7, 11) is 0. The molecule has 1 aliphatic rings. The van der Waals surface area contributed by atoms with Gasteiger partial charge in [0.05, 0.1) is 5.69 Å². The second kappa shape index (κ2) is 7.19. The second-order valence-electron chi connectivity index (χ2n) is 6.15. The largest absolute Gasteiger partial charge is 0.326 e. The minimum atomic E-state index is 0.322. The number of hydrogen-bond acceptors (Lipinski definition) is 3. The van der Waals surface area contributed by atoms with Gasteiger partial charge >= 0.3 is 0 Å². The van der Waals surface area contributed by atoms with Gasteiger partial charge in [-0.05, 0) is 50.8 Å². The highest BCUT2D eigenvalue weighted by Gasteiger charge is 2.31. The summed E-state index contributed by atoms with van der Waals surface area (Å²) in [6.07, 6.45) is 5.00. The van der Waals surface area contributed by atoms with E-state index in [1.54, 1.807) is 0 Å². The van der Waals surface area contributed by atoms with Crippen molar-refractivity contribution in [3.63, 3.8) is 0 Å². The Labute approximate surface area is 123 Å². The highest BCUT2D eigenvalue weighted by molar-refractivity contribution is 5.10. The molecule has 1 fully saturated rings. The van der Waals surface area contributed by atoms with Crippen LogP contribution >= 0.6 is 0 Å². The Morgan fingerprint density at radius 3 is 2.75 bits per heavy atom. The smallest absolute Gasteiger partial charge is 0.0547 e. The molecule has 3 atom stereocenters. The van der Waals surface area contributed by atoms with E-state index in [0.717, 1.165) is 30.4 Å². The number of hydrogen-bond donors (Lipinski definition) is 1. The molecule has 1 aliphatic carbocycles. The Morgan fingerprint density at radius 2 is 2.10 bits per heavy atom. The van der Waals surface area contributed by atoms with Gasteiger partial charge in [0.15, 0.2) is 0 Å². The topological polar surface area (TPSA) is 42.1 Å². The molecule has 0 saturated heterocycles. The van der Waals surface area contributed by atoms with Crippen molar-refractivity contribution < 1.29 is 0 Å². The molecule has 2 rings (SSSR count). The van der Waals surface area contributed by atoms with E-state index in [0.29, 0.717) is 12.1 Å². The molecule has 3 unspecified atom stereocenters. The third kappa shape index (κ3) is 3.80. The summed E-state index contributed by atoms with van der Waals surface area (Å²) >= 11 is 0. The highest BCUT2D eigenvalue weighted by Crippen LogP contribution is 2.29. The van der Waals surface area contributed by atoms with Crippen molar-refractivity contribution in [2.45, 2.75) is 65.1 Å². The summed E-state index contributed by atoms with van der Waals surface area (Å²) in [5, 5.41) is 0. The van der Waals surface area contributed by atoms with Gasteiger partial charge < -0.3 is 5.73 Å². The quantitative estimate of drug-likeness (QED) is 0.897. The Hall–Kier alpha value is -0.930. The van der Waals surface area contributed by atoms with Gasteiger partial charge in [0.1, 0.15) is 0 Å². The van der Waals surface area contributed by atoms with Crippen LogP contribution in [0.1, 0.15) is 50.9 Å². The van der Waals surface area contributed by atoms with E-state index in [1.165, 1.54) is 25.7 Å². The Morgan fingerprint density at radius 1 is 1.30 bits per heavy atom. The van der Waals surface area contributed by atoms with Crippen LogP contribution in [0.2, 0.25) is 0 Å². The number of aromatic nitrogens is 1. The first-order valence-electron chi connectivity index (χ1n) is 8.06. The van der Waals surface area contributed by atoms with Crippen molar-refractivity contribution in [1.29, 1.82) is 0 Å². The summed E-state index contributed by atoms with van der Waals surface area (Å²) < 4.78 is 0. The average molecular weight is 275 g/mol. The van der Waals surface area contributed by atoms with Crippen LogP contribution in [-0.2, 0) is 6.54 Å². The molecule has 1 saturated carbocycles. The van der Waals surface area contributed by atoms with Crippen LogP contribution in [0.4, 0.5) is 0 Å². The van der Waals surface area contributed by atoms with Gasteiger partial charge in [-0.1, -0.05) is 26.3 Å². The fourth-order valence-corrected chi connectivity index (χ4v) is 3.40. The molecular formula is C17H29N3. The van der Waals surface area contributed by atoms with Gasteiger partial charge in [0, 0.05) is 24.3 Å². The molecule has 1 aromatic heterocycles. The lowest BCUT2D eigenvalue weighted by molar-refractivity contribution is 0.107. The lowest BCUT2D eigenvalue weighted by atomic mass is 9.80. The molecule has 1 heterocycles. The summed E-state index contributed by atoms with van der Waals surface area (Å²) in [6, 6.07) is 7.12. The van der Waals surface area contributed by atoms with Crippen molar-refractivity contribution in [1.82, 2.24) is 9.88 Å². The van der Waals surface area contributed by atoms with Crippen LogP contribution < -0.4 is 5.73 Å². The Bertz CT molecular complexity index is 418. The lowest BCUT2D eigenvalue weighted by Crippen LogP contribution is -2.51. The number of aryl methyl sites for hydroxylation is 1. The second-order valence-corrected chi connectivity index (χ2v) is 6.15. The predicted octanol–water partition coefficient (Wildman–Crippen LogP) is 3.12. The number of nitrogens with two attached hydrogens (primary N) is 1. The third-order valence-electron chi connectivity index (χ3n) is 4.74. The summed E-state index contributed by atoms with van der Waals surface area (Å²) in [5.74, 6) is 0.847. The van der Waals surface area contributed by atoms with Crippen molar-refractivity contribution in [3.05, 3.63) is 29.6 Å². The maximum absolute atomic E-state index is 6.39. The van der Waals surface area contributed by atoms with E-state index in [9.17, 15) is 0 Å². The van der Waals surface area contributed by atoms with Crippen molar-refractivity contribution in [2.24, 2.45) is 11.7 Å². The van der Waals surface area contributed by atoms with Crippen LogP contribution in [0.25, 0.3) is 0 Å². The van der Waals surface area contributed by atoms with E-state index in [1.807, 2.05) is 0 Å². The molecule has 0 spiro atoms. The van der Waals surface area contributed by atoms with Crippen LogP contribution in [0, 0.1) is 12.8 Å². The summed E-state index contributed by atoms with van der Waals surface area (Å²) in [6.45, 7) is 8.56. The van der Waals surface area contributed by atoms with Gasteiger partial charge in [-0.3, -0.25) is 9.88 Å². The van der Waals surface area contributed by atoms with Gasteiger partial charge in [-0.2, -0.15) is 0 Å². The predicted molar refractivity (Wildman–Crippen MR) is 84.5 cm³/mol. The van der Waals surface area contributed by atoms with Crippen LogP contribution in [0.5, 0.6) is 0 Å². The highest BCUT2D eigenvalue weighted by atomic mass is 15.2. The minimum Gasteiger partial charge on any atom is -0.326 e. The van der Waals surface area contributed by atoms with Gasteiger partial charge in [0.25, 0.3) is 0 Å². The zero-order valence-corrected chi connectivity index (χ0v) is 13.2. The van der Waals surface area contributed by atoms with E-state index in [2.05, 4.69) is 48.9 Å². The lowest BCUT2D eigenvalue weighted by Gasteiger charge is -2.40. The molecule has 112 valence electrons. The normalized spacial score (nSPS) is 26.9. The van der Waals surface area contributed by atoms with Crippen molar-refractivity contribution >= 4 is 0 Å². The molecular weight excluding hydrogens is 246 g/mol. The first-order valence-corrected chi connectivity index (χ1v) is 8.06. The number of nitrogens with zero attached hydrogens (tertiary/aromatic N) is 2. The number of pyridine rings is 1. The molecule has 3 heteroatoms. The fraction of sp³-hybridized carbons (Fsp3) is 0.706. The molecule has 0 aromatic carbocycles. The minimum absolute atomic E-state index is 0.322. The van der Waals surface area contributed by atoms with Crippen LogP contribution in [-0.4, -0.2) is 28.5 Å². The molecule has 20 heavy (non-hydrogen) atoms. The van der Waals surface area contributed by atoms with E-state index >= 15 is 0 Å². The zero-order chi connectivity index (χ0) is 14.5. The maximum atomic E-state index is 6.39. The Kier molecular flexibility index (Phi) is 5.55. The average Bonchev–Trinajstić information content (AvgIpc) is 2.46. The number of likely N-dealkylation sites (N-methyl/N-ethyl adjacent to an activating group) is 1. The van der Waals surface area contributed by atoms with Crippen molar-refractivity contribution in [2.75, 3.05) is 6.54 Å². The fourth-order valence-electron chi connectivity index (χ4n) is 3.40. The van der Waals surface area contributed by atoms with Gasteiger partial charge in [0.2, 0.25) is 0 Å². The first kappa shape index (κ1) is 15.5. The molecule has 3 nitrogen and oxygen atoms in total. The van der Waals surface area contributed by atoms with E-state index in [-0.39, 0.29) is 0 Å². The number of rotatable bonds is 5.